The third-order valence-electron chi connectivity index (χ3n) is 2.42. The Hall–Kier alpha value is -1.91. The van der Waals surface area contributed by atoms with Gasteiger partial charge in [-0.2, -0.15) is 0 Å². The first-order chi connectivity index (χ1) is 8.61. The molecule has 0 spiro atoms. The van der Waals surface area contributed by atoms with Gasteiger partial charge in [-0.3, -0.25) is 4.79 Å². The van der Waals surface area contributed by atoms with Crippen LogP contribution in [0.1, 0.15) is 26.2 Å². The highest BCUT2D eigenvalue weighted by molar-refractivity contribution is 5.73. The molecule has 5 heteroatoms. The first kappa shape index (κ1) is 14.2. The molecule has 5 N–H and O–H groups in total. The molecule has 0 bridgehead atoms. The SMILES string of the molecule is CCOc1cc(N)cc(NCCCCC(N)=O)c1. The fourth-order valence-corrected chi connectivity index (χ4v) is 1.63. The molecular weight excluding hydrogens is 230 g/mol. The highest BCUT2D eigenvalue weighted by atomic mass is 16.5. The van der Waals surface area contributed by atoms with E-state index in [1.54, 1.807) is 6.07 Å². The summed E-state index contributed by atoms with van der Waals surface area (Å²) in [4.78, 5) is 10.6. The van der Waals surface area contributed by atoms with Crippen molar-refractivity contribution in [1.29, 1.82) is 0 Å². The van der Waals surface area contributed by atoms with Gasteiger partial charge in [-0.25, -0.2) is 0 Å². The van der Waals surface area contributed by atoms with E-state index in [1.165, 1.54) is 0 Å². The van der Waals surface area contributed by atoms with Gasteiger partial charge in [0.1, 0.15) is 5.75 Å². The number of benzene rings is 1. The number of nitrogens with two attached hydrogens (primary N) is 2. The second-order valence-corrected chi connectivity index (χ2v) is 4.07. The largest absolute Gasteiger partial charge is 0.494 e. The van der Waals surface area contributed by atoms with E-state index in [-0.39, 0.29) is 5.91 Å². The molecule has 0 saturated heterocycles. The van der Waals surface area contributed by atoms with E-state index in [9.17, 15) is 4.79 Å². The molecule has 0 heterocycles. The van der Waals surface area contributed by atoms with Crippen LogP contribution in [0.15, 0.2) is 18.2 Å². The zero-order valence-corrected chi connectivity index (χ0v) is 10.7. The first-order valence-corrected chi connectivity index (χ1v) is 6.17. The lowest BCUT2D eigenvalue weighted by molar-refractivity contribution is -0.118. The molecule has 0 aliphatic rings. The van der Waals surface area contributed by atoms with Crippen molar-refractivity contribution in [2.75, 3.05) is 24.2 Å². The summed E-state index contributed by atoms with van der Waals surface area (Å²) >= 11 is 0. The number of carbonyl (C=O) groups is 1. The maximum atomic E-state index is 10.6. The molecular formula is C13H21N3O2. The number of anilines is 2. The van der Waals surface area contributed by atoms with Gasteiger partial charge in [-0.15, -0.1) is 0 Å². The van der Waals surface area contributed by atoms with Crippen LogP contribution in [0.3, 0.4) is 0 Å². The lowest BCUT2D eigenvalue weighted by Crippen LogP contribution is -2.11. The molecule has 18 heavy (non-hydrogen) atoms. The van der Waals surface area contributed by atoms with Crippen LogP contribution in [0.5, 0.6) is 5.75 Å². The summed E-state index contributed by atoms with van der Waals surface area (Å²) in [5, 5.41) is 3.25. The van der Waals surface area contributed by atoms with Gasteiger partial charge in [0.15, 0.2) is 0 Å². The Bertz CT molecular complexity index is 394. The van der Waals surface area contributed by atoms with Gasteiger partial charge in [-0.1, -0.05) is 0 Å². The van der Waals surface area contributed by atoms with Gasteiger partial charge in [0.25, 0.3) is 0 Å². The molecule has 5 nitrogen and oxygen atoms in total. The van der Waals surface area contributed by atoms with Gasteiger partial charge in [0.05, 0.1) is 6.61 Å². The fraction of sp³-hybridized carbons (Fsp3) is 0.462. The van der Waals surface area contributed by atoms with Crippen molar-refractivity contribution < 1.29 is 9.53 Å². The number of nitrogens with one attached hydrogen (secondary N) is 1. The number of primary amides is 1. The smallest absolute Gasteiger partial charge is 0.217 e. The highest BCUT2D eigenvalue weighted by Crippen LogP contribution is 2.22. The van der Waals surface area contributed by atoms with Gasteiger partial charge in [0.2, 0.25) is 5.91 Å². The molecule has 0 radical (unpaired) electrons. The van der Waals surface area contributed by atoms with Crippen LogP contribution in [-0.4, -0.2) is 19.1 Å². The van der Waals surface area contributed by atoms with Crippen molar-refractivity contribution in [2.45, 2.75) is 26.2 Å². The van der Waals surface area contributed by atoms with E-state index in [4.69, 9.17) is 16.2 Å². The van der Waals surface area contributed by atoms with Gasteiger partial charge in [-0.05, 0) is 25.8 Å². The van der Waals surface area contributed by atoms with E-state index in [0.29, 0.717) is 18.7 Å². The van der Waals surface area contributed by atoms with Crippen molar-refractivity contribution in [3.8, 4) is 5.75 Å². The monoisotopic (exact) mass is 251 g/mol. The van der Waals surface area contributed by atoms with E-state index >= 15 is 0 Å². The first-order valence-electron chi connectivity index (χ1n) is 6.17. The second kappa shape index (κ2) is 7.42. The van der Waals surface area contributed by atoms with Crippen molar-refractivity contribution in [2.24, 2.45) is 5.73 Å². The van der Waals surface area contributed by atoms with Crippen LogP contribution >= 0.6 is 0 Å². The summed E-state index contributed by atoms with van der Waals surface area (Å²) in [6.07, 6.45) is 2.12. The molecule has 1 rings (SSSR count). The van der Waals surface area contributed by atoms with Crippen LogP contribution in [0.25, 0.3) is 0 Å². The maximum absolute atomic E-state index is 10.6. The summed E-state index contributed by atoms with van der Waals surface area (Å²) in [6.45, 7) is 3.32. The number of hydrogen-bond acceptors (Lipinski definition) is 4. The van der Waals surface area contributed by atoms with Crippen LogP contribution < -0.4 is 21.5 Å². The van der Waals surface area contributed by atoms with Gasteiger partial charge >= 0.3 is 0 Å². The lowest BCUT2D eigenvalue weighted by atomic mass is 10.2. The van der Waals surface area contributed by atoms with Gasteiger partial charge in [0, 0.05) is 36.5 Å². The Morgan fingerprint density at radius 2 is 2.11 bits per heavy atom. The maximum Gasteiger partial charge on any atom is 0.217 e. The minimum atomic E-state index is -0.252. The number of nitrogen functional groups attached to an aromatic ring is 1. The van der Waals surface area contributed by atoms with Crippen molar-refractivity contribution >= 4 is 17.3 Å². The third kappa shape index (κ3) is 5.43. The highest BCUT2D eigenvalue weighted by Gasteiger charge is 2.00. The van der Waals surface area contributed by atoms with E-state index < -0.39 is 0 Å². The quantitative estimate of drug-likeness (QED) is 0.485. The molecule has 0 aromatic heterocycles. The number of unbranched alkanes of at least 4 members (excludes halogenated alkanes) is 1. The molecule has 1 aromatic carbocycles. The zero-order chi connectivity index (χ0) is 13.4. The minimum absolute atomic E-state index is 0.252. The predicted octanol–water partition coefficient (Wildman–Crippen LogP) is 1.73. The Balaban J connectivity index is 2.39. The number of hydrogen-bond donors (Lipinski definition) is 3. The van der Waals surface area contributed by atoms with Crippen molar-refractivity contribution in [3.05, 3.63) is 18.2 Å². The van der Waals surface area contributed by atoms with E-state index in [0.717, 1.165) is 30.8 Å². The average molecular weight is 251 g/mol. The van der Waals surface area contributed by atoms with Crippen LogP contribution in [0.4, 0.5) is 11.4 Å². The Kier molecular flexibility index (Phi) is 5.84. The topological polar surface area (TPSA) is 90.4 Å². The number of ether oxygens (including phenoxy) is 1. The fourth-order valence-electron chi connectivity index (χ4n) is 1.63. The Morgan fingerprint density at radius 3 is 2.78 bits per heavy atom. The number of carbonyl (C=O) groups excluding carboxylic acids is 1. The van der Waals surface area contributed by atoms with Crippen LogP contribution in [-0.2, 0) is 4.79 Å². The van der Waals surface area contributed by atoms with Crippen LogP contribution in [0.2, 0.25) is 0 Å². The molecule has 0 aliphatic carbocycles. The second-order valence-electron chi connectivity index (χ2n) is 4.07. The van der Waals surface area contributed by atoms with Crippen LogP contribution in [0, 0.1) is 0 Å². The summed E-state index contributed by atoms with van der Waals surface area (Å²) in [6, 6.07) is 5.56. The Morgan fingerprint density at radius 1 is 1.33 bits per heavy atom. The van der Waals surface area contributed by atoms with Crippen molar-refractivity contribution in [1.82, 2.24) is 0 Å². The molecule has 0 fully saturated rings. The molecule has 1 aromatic rings. The standard InChI is InChI=1S/C13H21N3O2/c1-2-18-12-8-10(14)7-11(9-12)16-6-4-3-5-13(15)17/h7-9,16H,2-6,14H2,1H3,(H2,15,17). The number of rotatable bonds is 8. The summed E-state index contributed by atoms with van der Waals surface area (Å²) in [5.41, 5.74) is 12.4. The average Bonchev–Trinajstić information content (AvgIpc) is 2.28. The summed E-state index contributed by atoms with van der Waals surface area (Å²) in [5.74, 6) is 0.509. The Labute approximate surface area is 107 Å². The zero-order valence-electron chi connectivity index (χ0n) is 10.7. The van der Waals surface area contributed by atoms with E-state index in [1.807, 2.05) is 19.1 Å². The third-order valence-corrected chi connectivity index (χ3v) is 2.42. The summed E-state index contributed by atoms with van der Waals surface area (Å²) < 4.78 is 5.41. The molecule has 0 atom stereocenters. The number of amides is 1. The molecule has 1 amide bonds. The molecule has 0 unspecified atom stereocenters. The summed E-state index contributed by atoms with van der Waals surface area (Å²) in [7, 11) is 0. The normalized spacial score (nSPS) is 10.1. The molecule has 100 valence electrons. The minimum Gasteiger partial charge on any atom is -0.494 e. The lowest BCUT2D eigenvalue weighted by Gasteiger charge is -2.10. The molecule has 0 aliphatic heterocycles. The predicted molar refractivity (Wildman–Crippen MR) is 73.6 cm³/mol. The van der Waals surface area contributed by atoms with Gasteiger partial charge < -0.3 is 21.5 Å². The molecule has 0 saturated carbocycles. The van der Waals surface area contributed by atoms with E-state index in [2.05, 4.69) is 5.32 Å². The van der Waals surface area contributed by atoms with Crippen molar-refractivity contribution in [3.63, 3.8) is 0 Å².